The van der Waals surface area contributed by atoms with Crippen molar-refractivity contribution in [1.29, 1.82) is 0 Å². The van der Waals surface area contributed by atoms with Crippen molar-refractivity contribution >= 4 is 28.6 Å². The molecule has 1 aromatic heterocycles. The zero-order valence-corrected chi connectivity index (χ0v) is 21.2. The molecule has 2 atom stereocenters. The average Bonchev–Trinajstić information content (AvgIpc) is 3.47. The minimum atomic E-state index is -2.41. The van der Waals surface area contributed by atoms with E-state index in [1.807, 2.05) is 24.3 Å². The van der Waals surface area contributed by atoms with Crippen LogP contribution in [0, 0.1) is 0 Å². The van der Waals surface area contributed by atoms with Gasteiger partial charge in [0.25, 0.3) is 5.91 Å². The predicted molar refractivity (Wildman–Crippen MR) is 138 cm³/mol. The highest BCUT2D eigenvalue weighted by molar-refractivity contribution is 6.05. The van der Waals surface area contributed by atoms with E-state index < -0.39 is 18.4 Å². The third kappa shape index (κ3) is 5.34. The van der Waals surface area contributed by atoms with Crippen molar-refractivity contribution in [2.75, 3.05) is 13.1 Å². The van der Waals surface area contributed by atoms with Crippen LogP contribution >= 0.6 is 0 Å². The molecule has 2 aromatic carbocycles. The molecule has 3 aliphatic rings. The Labute approximate surface area is 223 Å². The maximum absolute atomic E-state index is 12.9. The summed E-state index contributed by atoms with van der Waals surface area (Å²) in [5, 5.41) is 3.25. The number of benzene rings is 2. The summed E-state index contributed by atoms with van der Waals surface area (Å²) in [6, 6.07) is 14.2. The molecule has 4 heterocycles. The number of imide groups is 1. The fourth-order valence-electron chi connectivity index (χ4n) is 5.70. The number of fused-ring (bicyclic) bond motifs is 2. The molecule has 1 unspecified atom stereocenters. The molecule has 0 bridgehead atoms. The lowest BCUT2D eigenvalue weighted by Crippen LogP contribution is -2.52. The van der Waals surface area contributed by atoms with Crippen LogP contribution in [0.15, 0.2) is 48.5 Å². The second-order valence-corrected chi connectivity index (χ2v) is 10.4. The molecule has 3 aromatic rings. The van der Waals surface area contributed by atoms with Crippen LogP contribution in [0.4, 0.5) is 8.78 Å². The Balaban J connectivity index is 1.06. The van der Waals surface area contributed by atoms with Gasteiger partial charge in [-0.25, -0.2) is 8.78 Å². The van der Waals surface area contributed by atoms with E-state index in [1.165, 1.54) is 4.90 Å². The number of carbonyl (C=O) groups is 3. The van der Waals surface area contributed by atoms with E-state index in [0.717, 1.165) is 42.6 Å². The van der Waals surface area contributed by atoms with Crippen molar-refractivity contribution in [2.24, 2.45) is 0 Å². The van der Waals surface area contributed by atoms with E-state index >= 15 is 0 Å². The highest BCUT2D eigenvalue weighted by Crippen LogP contribution is 2.31. The van der Waals surface area contributed by atoms with Crippen LogP contribution in [0.5, 0.6) is 5.75 Å². The Morgan fingerprint density at radius 2 is 1.92 bits per heavy atom. The molecule has 202 valence electrons. The van der Waals surface area contributed by atoms with Gasteiger partial charge < -0.3 is 9.64 Å². The van der Waals surface area contributed by atoms with Crippen molar-refractivity contribution in [2.45, 2.75) is 57.3 Å². The van der Waals surface area contributed by atoms with Crippen LogP contribution in [0.25, 0.3) is 10.9 Å². The highest BCUT2D eigenvalue weighted by Gasteiger charge is 2.39. The Morgan fingerprint density at radius 1 is 1.05 bits per heavy atom. The molecule has 0 spiro atoms. The minimum Gasteiger partial charge on any atom is -0.489 e. The number of aromatic nitrogens is 1. The van der Waals surface area contributed by atoms with Crippen molar-refractivity contribution in [3.8, 4) is 5.75 Å². The Morgan fingerprint density at radius 3 is 2.74 bits per heavy atom. The zero-order valence-electron chi connectivity index (χ0n) is 21.2. The van der Waals surface area contributed by atoms with Gasteiger partial charge in [0.05, 0.1) is 11.9 Å². The van der Waals surface area contributed by atoms with Gasteiger partial charge in [-0.05, 0) is 60.4 Å². The molecule has 2 saturated heterocycles. The molecule has 3 aliphatic heterocycles. The number of ether oxygens (including phenoxy) is 1. The summed E-state index contributed by atoms with van der Waals surface area (Å²) in [5.41, 5.74) is 3.61. The normalized spacial score (nSPS) is 21.6. The molecule has 1 N–H and O–H groups in total. The van der Waals surface area contributed by atoms with Gasteiger partial charge in [-0.1, -0.05) is 12.1 Å². The summed E-state index contributed by atoms with van der Waals surface area (Å²) in [5.74, 6) is -0.238. The van der Waals surface area contributed by atoms with Gasteiger partial charge in [0.15, 0.2) is 0 Å². The summed E-state index contributed by atoms with van der Waals surface area (Å²) in [7, 11) is 0. The third-order valence-corrected chi connectivity index (χ3v) is 7.61. The predicted octanol–water partition coefficient (Wildman–Crippen LogP) is 3.46. The number of likely N-dealkylation sites (tertiary alicyclic amines) is 1. The molecule has 8 nitrogen and oxygen atoms in total. The van der Waals surface area contributed by atoms with Crippen molar-refractivity contribution in [3.63, 3.8) is 0 Å². The molecule has 10 heteroatoms. The van der Waals surface area contributed by atoms with Crippen LogP contribution in [0.1, 0.15) is 46.4 Å². The monoisotopic (exact) mass is 534 g/mol. The Hall–Kier alpha value is -3.92. The molecule has 0 aliphatic carbocycles. The maximum atomic E-state index is 12.9. The lowest BCUT2D eigenvalue weighted by Gasteiger charge is -2.29. The van der Waals surface area contributed by atoms with E-state index in [4.69, 9.17) is 4.74 Å². The SMILES string of the molecule is O=C1CCC(N2Cc3cc(O[C@H]4CCN(Cc5ccc6nc(CC(F)F)ccc6c5)C4)ccc3C2=O)C(=O)N1. The number of alkyl halides is 2. The van der Waals surface area contributed by atoms with Gasteiger partial charge in [-0.3, -0.25) is 29.6 Å². The van der Waals surface area contributed by atoms with Crippen LogP contribution in [0.3, 0.4) is 0 Å². The number of nitrogens with one attached hydrogen (secondary N) is 1. The van der Waals surface area contributed by atoms with Crippen molar-refractivity contribution in [3.05, 3.63) is 70.9 Å². The maximum Gasteiger partial charge on any atom is 0.255 e. The average molecular weight is 535 g/mol. The molecular weight excluding hydrogens is 506 g/mol. The van der Waals surface area contributed by atoms with Crippen molar-refractivity contribution in [1.82, 2.24) is 20.1 Å². The van der Waals surface area contributed by atoms with E-state index in [1.54, 1.807) is 18.2 Å². The highest BCUT2D eigenvalue weighted by atomic mass is 19.3. The number of rotatable bonds is 7. The van der Waals surface area contributed by atoms with Gasteiger partial charge in [0, 0.05) is 49.2 Å². The largest absolute Gasteiger partial charge is 0.489 e. The molecule has 39 heavy (non-hydrogen) atoms. The topological polar surface area (TPSA) is 91.8 Å². The zero-order chi connectivity index (χ0) is 27.1. The number of hydrogen-bond acceptors (Lipinski definition) is 6. The Bertz CT molecular complexity index is 1460. The first-order valence-electron chi connectivity index (χ1n) is 13.2. The molecule has 0 saturated carbocycles. The summed E-state index contributed by atoms with van der Waals surface area (Å²) in [4.78, 5) is 44.9. The molecule has 3 amide bonds. The summed E-state index contributed by atoms with van der Waals surface area (Å²) < 4.78 is 31.6. The number of amides is 3. The lowest BCUT2D eigenvalue weighted by molar-refractivity contribution is -0.136. The fourth-order valence-corrected chi connectivity index (χ4v) is 5.70. The Kier molecular flexibility index (Phi) is 6.72. The molecule has 6 rings (SSSR count). The smallest absolute Gasteiger partial charge is 0.255 e. The van der Waals surface area contributed by atoms with Gasteiger partial charge in [-0.15, -0.1) is 0 Å². The number of hydrogen-bond donors (Lipinski definition) is 1. The molecule has 2 fully saturated rings. The van der Waals surface area contributed by atoms with E-state index in [9.17, 15) is 23.2 Å². The van der Waals surface area contributed by atoms with Gasteiger partial charge in [-0.2, -0.15) is 0 Å². The van der Waals surface area contributed by atoms with Gasteiger partial charge >= 0.3 is 0 Å². The third-order valence-electron chi connectivity index (χ3n) is 7.61. The van der Waals surface area contributed by atoms with E-state index in [0.29, 0.717) is 35.5 Å². The van der Waals surface area contributed by atoms with Crippen LogP contribution in [-0.4, -0.2) is 64.2 Å². The van der Waals surface area contributed by atoms with E-state index in [-0.39, 0.29) is 30.8 Å². The van der Waals surface area contributed by atoms with Crippen LogP contribution in [-0.2, 0) is 29.1 Å². The standard InChI is InChI=1S/C29H28F2N4O4/c30-26(31)13-20-3-2-18-11-17(1-6-24(18)32-20)14-34-10-9-22(16-34)39-21-4-5-23-19(12-21)15-35(29(23)38)25-7-8-27(36)33-28(25)37/h1-6,11-12,22,25-26H,7-10,13-16H2,(H,33,36,37)/t22-,25?/m0/s1. The number of carbonyl (C=O) groups excluding carboxylic acids is 3. The van der Waals surface area contributed by atoms with Gasteiger partial charge in [0.2, 0.25) is 18.2 Å². The number of halogens is 2. The van der Waals surface area contributed by atoms with E-state index in [2.05, 4.69) is 21.3 Å². The van der Waals surface area contributed by atoms with Crippen LogP contribution < -0.4 is 10.1 Å². The first-order chi connectivity index (χ1) is 18.8. The minimum absolute atomic E-state index is 0.00502. The quantitative estimate of drug-likeness (QED) is 0.467. The van der Waals surface area contributed by atoms with Crippen molar-refractivity contribution < 1.29 is 27.9 Å². The summed E-state index contributed by atoms with van der Waals surface area (Å²) in [6.45, 7) is 2.69. The first-order valence-corrected chi connectivity index (χ1v) is 13.2. The number of piperidine rings is 1. The summed E-state index contributed by atoms with van der Waals surface area (Å²) in [6.07, 6.45) is -1.33. The second kappa shape index (κ2) is 10.3. The number of pyridine rings is 1. The van der Waals surface area contributed by atoms with Gasteiger partial charge in [0.1, 0.15) is 17.9 Å². The number of nitrogens with zero attached hydrogens (tertiary/aromatic N) is 3. The first kappa shape index (κ1) is 25.4. The van der Waals surface area contributed by atoms with Crippen LogP contribution in [0.2, 0.25) is 0 Å². The molecule has 0 radical (unpaired) electrons. The summed E-state index contributed by atoms with van der Waals surface area (Å²) >= 11 is 0. The second-order valence-electron chi connectivity index (χ2n) is 10.4. The fraction of sp³-hybridized carbons (Fsp3) is 0.379. The lowest BCUT2D eigenvalue weighted by atomic mass is 10.0. The molecular formula is C29H28F2N4O4.